The lowest BCUT2D eigenvalue weighted by atomic mass is 9.93. The van der Waals surface area contributed by atoms with Crippen LogP contribution in [0.1, 0.15) is 32.6 Å². The molecule has 0 aliphatic rings. The maximum Gasteiger partial charge on any atom is 0.113 e. The third-order valence-corrected chi connectivity index (χ3v) is 3.15. The van der Waals surface area contributed by atoms with Gasteiger partial charge in [0.05, 0.1) is 5.69 Å². The normalized spacial score (nSPS) is 14.6. The molecule has 0 aromatic carbocycles. The van der Waals surface area contributed by atoms with E-state index in [4.69, 9.17) is 0 Å². The Bertz CT molecular complexity index is 317. The van der Waals surface area contributed by atoms with E-state index >= 15 is 0 Å². The van der Waals surface area contributed by atoms with Crippen LogP contribution in [0.25, 0.3) is 0 Å². The molecule has 1 N–H and O–H groups in total. The van der Waals surface area contributed by atoms with E-state index < -0.39 is 6.10 Å². The number of nitrogens with zero attached hydrogens (tertiary/aromatic N) is 3. The zero-order valence-corrected chi connectivity index (χ0v) is 10.2. The monoisotopic (exact) mass is 211 g/mol. The van der Waals surface area contributed by atoms with Gasteiger partial charge in [0.2, 0.25) is 0 Å². The summed E-state index contributed by atoms with van der Waals surface area (Å²) in [6.45, 7) is 6.84. The quantitative estimate of drug-likeness (QED) is 0.815. The van der Waals surface area contributed by atoms with Gasteiger partial charge in [-0.05, 0) is 40.9 Å². The predicted octanol–water partition coefficient (Wildman–Crippen LogP) is 1.28. The van der Waals surface area contributed by atoms with Gasteiger partial charge in [-0.2, -0.15) is 5.10 Å². The van der Waals surface area contributed by atoms with E-state index in [1.54, 1.807) is 6.20 Å². The maximum atomic E-state index is 10.3. The molecule has 1 heterocycles. The van der Waals surface area contributed by atoms with Crippen LogP contribution in [0.4, 0.5) is 0 Å². The Morgan fingerprint density at radius 3 is 2.60 bits per heavy atom. The Morgan fingerprint density at radius 2 is 2.13 bits per heavy atom. The first kappa shape index (κ1) is 12.2. The summed E-state index contributed by atoms with van der Waals surface area (Å²) in [5.74, 6) is 0. The minimum atomic E-state index is -0.532. The van der Waals surface area contributed by atoms with Crippen LogP contribution in [0.2, 0.25) is 0 Å². The standard InChI is InChI=1S/C11H21N3O/c1-6-14-9(7-8-12-14)10(15)11(2,3)13(4)5/h7-8,10,15H,6H2,1-5H3. The third-order valence-electron chi connectivity index (χ3n) is 3.15. The number of likely N-dealkylation sites (N-methyl/N-ethyl adjacent to an activating group) is 1. The summed E-state index contributed by atoms with van der Waals surface area (Å²) in [5.41, 5.74) is 0.573. The number of aliphatic hydroxyl groups is 1. The van der Waals surface area contributed by atoms with Crippen molar-refractivity contribution in [3.05, 3.63) is 18.0 Å². The van der Waals surface area contributed by atoms with Crippen LogP contribution >= 0.6 is 0 Å². The summed E-state index contributed by atoms with van der Waals surface area (Å²) in [5, 5.41) is 14.5. The molecule has 0 amide bonds. The fourth-order valence-electron chi connectivity index (χ4n) is 1.45. The van der Waals surface area contributed by atoms with Gasteiger partial charge in [-0.15, -0.1) is 0 Å². The van der Waals surface area contributed by atoms with Crippen molar-refractivity contribution in [2.75, 3.05) is 14.1 Å². The molecular weight excluding hydrogens is 190 g/mol. The van der Waals surface area contributed by atoms with E-state index in [0.717, 1.165) is 12.2 Å². The molecule has 1 atom stereocenters. The van der Waals surface area contributed by atoms with Crippen molar-refractivity contribution in [3.8, 4) is 0 Å². The van der Waals surface area contributed by atoms with Crippen LogP contribution < -0.4 is 0 Å². The summed E-state index contributed by atoms with van der Waals surface area (Å²) >= 11 is 0. The van der Waals surface area contributed by atoms with Gasteiger partial charge in [0.1, 0.15) is 6.10 Å². The molecule has 1 aromatic heterocycles. The number of aliphatic hydroxyl groups excluding tert-OH is 1. The molecule has 0 saturated carbocycles. The lowest BCUT2D eigenvalue weighted by Gasteiger charge is -2.37. The van der Waals surface area contributed by atoms with Crippen LogP contribution in [0.5, 0.6) is 0 Å². The molecule has 0 bridgehead atoms. The van der Waals surface area contributed by atoms with Crippen molar-refractivity contribution in [3.63, 3.8) is 0 Å². The first-order chi connectivity index (χ1) is 6.91. The molecule has 1 rings (SSSR count). The van der Waals surface area contributed by atoms with Gasteiger partial charge < -0.3 is 10.0 Å². The molecule has 15 heavy (non-hydrogen) atoms. The number of hydrogen-bond acceptors (Lipinski definition) is 3. The zero-order valence-electron chi connectivity index (χ0n) is 10.2. The van der Waals surface area contributed by atoms with Crippen LogP contribution in [0.15, 0.2) is 12.3 Å². The highest BCUT2D eigenvalue weighted by Gasteiger charge is 2.33. The lowest BCUT2D eigenvalue weighted by Crippen LogP contribution is -2.44. The first-order valence-electron chi connectivity index (χ1n) is 5.28. The summed E-state index contributed by atoms with van der Waals surface area (Å²) in [4.78, 5) is 2.02. The Labute approximate surface area is 91.5 Å². The Hall–Kier alpha value is -0.870. The van der Waals surface area contributed by atoms with E-state index in [9.17, 15) is 5.11 Å². The molecule has 0 fully saturated rings. The Balaban J connectivity index is 2.98. The van der Waals surface area contributed by atoms with Crippen LogP contribution in [-0.4, -0.2) is 39.4 Å². The number of aryl methyl sites for hydroxylation is 1. The molecule has 0 saturated heterocycles. The van der Waals surface area contributed by atoms with Crippen molar-refractivity contribution in [1.82, 2.24) is 14.7 Å². The topological polar surface area (TPSA) is 41.3 Å². The first-order valence-corrected chi connectivity index (χ1v) is 5.28. The highest BCUT2D eigenvalue weighted by Crippen LogP contribution is 2.28. The maximum absolute atomic E-state index is 10.3. The third kappa shape index (κ3) is 2.21. The molecule has 0 aliphatic carbocycles. The number of hydrogen-bond donors (Lipinski definition) is 1. The molecule has 1 aromatic rings. The second-order valence-electron chi connectivity index (χ2n) is 4.52. The smallest absolute Gasteiger partial charge is 0.113 e. The van der Waals surface area contributed by atoms with Crippen LogP contribution in [0, 0.1) is 0 Å². The Kier molecular flexibility index (Phi) is 3.52. The number of aromatic nitrogens is 2. The van der Waals surface area contributed by atoms with Crippen LogP contribution in [-0.2, 0) is 6.54 Å². The highest BCUT2D eigenvalue weighted by atomic mass is 16.3. The minimum absolute atomic E-state index is 0.299. The fraction of sp³-hybridized carbons (Fsp3) is 0.727. The second-order valence-corrected chi connectivity index (χ2v) is 4.52. The molecule has 0 spiro atoms. The van der Waals surface area contributed by atoms with Gasteiger partial charge in [0.15, 0.2) is 0 Å². The lowest BCUT2D eigenvalue weighted by molar-refractivity contribution is 0.0108. The zero-order chi connectivity index (χ0) is 11.6. The molecule has 1 unspecified atom stereocenters. The van der Waals surface area contributed by atoms with Crippen LogP contribution in [0.3, 0.4) is 0 Å². The predicted molar refractivity (Wildman–Crippen MR) is 60.6 cm³/mol. The van der Waals surface area contributed by atoms with E-state index in [1.165, 1.54) is 0 Å². The van der Waals surface area contributed by atoms with E-state index in [-0.39, 0.29) is 5.54 Å². The van der Waals surface area contributed by atoms with Gasteiger partial charge in [-0.3, -0.25) is 4.68 Å². The Morgan fingerprint density at radius 1 is 1.53 bits per heavy atom. The highest BCUT2D eigenvalue weighted by molar-refractivity contribution is 5.10. The fourth-order valence-corrected chi connectivity index (χ4v) is 1.45. The summed E-state index contributed by atoms with van der Waals surface area (Å²) in [6.07, 6.45) is 1.20. The van der Waals surface area contributed by atoms with Crippen molar-refractivity contribution < 1.29 is 5.11 Å². The second kappa shape index (κ2) is 4.33. The van der Waals surface area contributed by atoms with E-state index in [0.29, 0.717) is 0 Å². The molecule has 0 radical (unpaired) electrons. The summed E-state index contributed by atoms with van der Waals surface area (Å²) in [6, 6.07) is 1.87. The van der Waals surface area contributed by atoms with Crippen molar-refractivity contribution in [1.29, 1.82) is 0 Å². The summed E-state index contributed by atoms with van der Waals surface area (Å²) < 4.78 is 1.83. The van der Waals surface area contributed by atoms with E-state index in [1.807, 2.05) is 50.5 Å². The largest absolute Gasteiger partial charge is 0.385 e. The van der Waals surface area contributed by atoms with Gasteiger partial charge in [-0.1, -0.05) is 0 Å². The molecule has 4 nitrogen and oxygen atoms in total. The molecule has 0 aliphatic heterocycles. The SMILES string of the molecule is CCn1nccc1C(O)C(C)(C)N(C)C. The molecule has 4 heteroatoms. The minimum Gasteiger partial charge on any atom is -0.385 e. The van der Waals surface area contributed by atoms with Gasteiger partial charge in [-0.25, -0.2) is 0 Å². The number of rotatable bonds is 4. The van der Waals surface area contributed by atoms with Crippen molar-refractivity contribution >= 4 is 0 Å². The van der Waals surface area contributed by atoms with Crippen molar-refractivity contribution in [2.45, 2.75) is 39.0 Å². The molecule has 86 valence electrons. The van der Waals surface area contributed by atoms with Gasteiger partial charge in [0.25, 0.3) is 0 Å². The average Bonchev–Trinajstić information content (AvgIpc) is 2.63. The van der Waals surface area contributed by atoms with E-state index in [2.05, 4.69) is 5.10 Å². The van der Waals surface area contributed by atoms with Gasteiger partial charge >= 0.3 is 0 Å². The average molecular weight is 211 g/mol. The van der Waals surface area contributed by atoms with Gasteiger partial charge in [0, 0.05) is 18.3 Å². The molecular formula is C11H21N3O. The summed E-state index contributed by atoms with van der Waals surface area (Å²) in [7, 11) is 3.94. The van der Waals surface area contributed by atoms with Crippen molar-refractivity contribution in [2.24, 2.45) is 0 Å².